The van der Waals surface area contributed by atoms with Gasteiger partial charge < -0.3 is 19.8 Å². The number of furan rings is 1. The molecule has 1 aliphatic rings. The summed E-state index contributed by atoms with van der Waals surface area (Å²) in [6, 6.07) is 11.5. The van der Waals surface area contributed by atoms with E-state index >= 15 is 0 Å². The molecule has 3 aromatic rings. The molecule has 7 heteroatoms. The van der Waals surface area contributed by atoms with Gasteiger partial charge in [0.05, 0.1) is 30.0 Å². The third-order valence-corrected chi connectivity index (χ3v) is 4.89. The van der Waals surface area contributed by atoms with Gasteiger partial charge in [0.15, 0.2) is 10.8 Å². The minimum Gasteiger partial charge on any atom is -0.457 e. The first kappa shape index (κ1) is 15.3. The Kier molecular flexibility index (Phi) is 4.29. The third kappa shape index (κ3) is 3.19. The molecular weight excluding hydrogens is 326 g/mol. The lowest BCUT2D eigenvalue weighted by atomic mass is 10.2. The van der Waals surface area contributed by atoms with Crippen LogP contribution in [0.4, 0.5) is 0 Å². The molecule has 1 unspecified atom stereocenters. The molecule has 2 N–H and O–H groups in total. The van der Waals surface area contributed by atoms with E-state index in [9.17, 15) is 4.79 Å². The van der Waals surface area contributed by atoms with Gasteiger partial charge in [-0.25, -0.2) is 4.98 Å². The lowest BCUT2D eigenvalue weighted by Crippen LogP contribution is -2.51. The van der Waals surface area contributed by atoms with E-state index in [0.29, 0.717) is 32.1 Å². The second-order valence-electron chi connectivity index (χ2n) is 5.55. The van der Waals surface area contributed by atoms with Gasteiger partial charge >= 0.3 is 0 Å². The first-order valence-corrected chi connectivity index (χ1v) is 8.65. The lowest BCUT2D eigenvalue weighted by Gasteiger charge is -2.22. The van der Waals surface area contributed by atoms with Crippen molar-refractivity contribution in [1.29, 1.82) is 0 Å². The summed E-state index contributed by atoms with van der Waals surface area (Å²) in [5.41, 5.74) is 0.965. The fourth-order valence-corrected chi connectivity index (χ4v) is 3.52. The Hall–Kier alpha value is -2.22. The van der Waals surface area contributed by atoms with E-state index in [2.05, 4.69) is 15.6 Å². The van der Waals surface area contributed by atoms with Gasteiger partial charge in [0.1, 0.15) is 11.8 Å². The van der Waals surface area contributed by atoms with Crippen LogP contribution in [0.15, 0.2) is 40.8 Å². The molecule has 124 valence electrons. The van der Waals surface area contributed by atoms with Crippen molar-refractivity contribution in [3.8, 4) is 10.8 Å². The molecule has 0 aliphatic carbocycles. The second kappa shape index (κ2) is 6.72. The van der Waals surface area contributed by atoms with Crippen LogP contribution in [-0.4, -0.2) is 36.7 Å². The highest BCUT2D eigenvalue weighted by Gasteiger charge is 2.21. The summed E-state index contributed by atoms with van der Waals surface area (Å²) in [6.07, 6.45) is 0. The van der Waals surface area contributed by atoms with Gasteiger partial charge in [-0.2, -0.15) is 0 Å². The normalized spacial score (nSPS) is 17.9. The average molecular weight is 343 g/mol. The number of hydrogen-bond acceptors (Lipinski definition) is 6. The maximum atomic E-state index is 12.1. The van der Waals surface area contributed by atoms with Crippen LogP contribution < -0.4 is 10.6 Å². The van der Waals surface area contributed by atoms with Gasteiger partial charge in [-0.15, -0.1) is 11.3 Å². The number of thiazole rings is 1. The van der Waals surface area contributed by atoms with Crippen LogP contribution in [0.25, 0.3) is 21.0 Å². The van der Waals surface area contributed by atoms with E-state index in [1.807, 2.05) is 36.4 Å². The summed E-state index contributed by atoms with van der Waals surface area (Å²) < 4.78 is 12.2. The fraction of sp³-hybridized carbons (Fsp3) is 0.294. The van der Waals surface area contributed by atoms with Crippen LogP contribution >= 0.6 is 11.3 Å². The molecule has 1 fully saturated rings. The van der Waals surface area contributed by atoms with Crippen LogP contribution in [0.5, 0.6) is 0 Å². The zero-order valence-electron chi connectivity index (χ0n) is 13.0. The van der Waals surface area contributed by atoms with Gasteiger partial charge in [0.25, 0.3) is 0 Å². The average Bonchev–Trinajstić information content (AvgIpc) is 3.27. The molecule has 0 radical (unpaired) electrons. The van der Waals surface area contributed by atoms with Gasteiger partial charge in [-0.05, 0) is 24.3 Å². The number of amides is 1. The number of carbonyl (C=O) groups is 1. The predicted octanol–water partition coefficient (Wildman–Crippen LogP) is 2.16. The quantitative estimate of drug-likeness (QED) is 0.759. The Balaban J connectivity index is 1.42. The van der Waals surface area contributed by atoms with Crippen molar-refractivity contribution in [2.75, 3.05) is 19.8 Å². The first-order valence-electron chi connectivity index (χ1n) is 7.83. The van der Waals surface area contributed by atoms with Crippen molar-refractivity contribution in [3.05, 3.63) is 42.2 Å². The molecule has 24 heavy (non-hydrogen) atoms. The zero-order chi connectivity index (χ0) is 16.4. The first-order chi connectivity index (χ1) is 11.8. The molecule has 1 aromatic carbocycles. The monoisotopic (exact) mass is 343 g/mol. The molecule has 1 amide bonds. The molecule has 0 bridgehead atoms. The Morgan fingerprint density at radius 3 is 3.08 bits per heavy atom. The maximum Gasteiger partial charge on any atom is 0.239 e. The summed E-state index contributed by atoms with van der Waals surface area (Å²) in [7, 11) is 0. The number of rotatable bonds is 4. The van der Waals surface area contributed by atoms with Crippen molar-refractivity contribution in [3.63, 3.8) is 0 Å². The standard InChI is InChI=1S/C17H17N3O3S/c21-16(13-10-22-8-7-18-13)19-9-11-5-6-14(23-11)17-20-12-3-1-2-4-15(12)24-17/h1-6,13,18H,7-10H2,(H,19,21). The Morgan fingerprint density at radius 2 is 2.25 bits per heavy atom. The number of nitrogens with zero attached hydrogens (tertiary/aromatic N) is 1. The SMILES string of the molecule is O=C(NCc1ccc(-c2nc3ccccc3s2)o1)C1COCCN1. The number of morpholine rings is 1. The Labute approximate surface area is 142 Å². The largest absolute Gasteiger partial charge is 0.457 e. The third-order valence-electron chi connectivity index (χ3n) is 3.84. The van der Waals surface area contributed by atoms with E-state index in [1.54, 1.807) is 11.3 Å². The smallest absolute Gasteiger partial charge is 0.239 e. The van der Waals surface area contributed by atoms with Crippen LogP contribution in [0.2, 0.25) is 0 Å². The molecule has 2 aromatic heterocycles. The minimum absolute atomic E-state index is 0.0763. The van der Waals surface area contributed by atoms with Gasteiger partial charge in [-0.1, -0.05) is 12.1 Å². The van der Waals surface area contributed by atoms with Crippen LogP contribution in [-0.2, 0) is 16.1 Å². The maximum absolute atomic E-state index is 12.1. The number of carbonyl (C=O) groups excluding carboxylic acids is 1. The van der Waals surface area contributed by atoms with E-state index < -0.39 is 0 Å². The Bertz CT molecular complexity index is 819. The van der Waals surface area contributed by atoms with Crippen molar-refractivity contribution in [2.24, 2.45) is 0 Å². The zero-order valence-corrected chi connectivity index (χ0v) is 13.8. The number of hydrogen-bond donors (Lipinski definition) is 2. The number of ether oxygens (including phenoxy) is 1. The highest BCUT2D eigenvalue weighted by atomic mass is 32.1. The number of para-hydroxylation sites is 1. The molecular formula is C17H17N3O3S. The van der Waals surface area contributed by atoms with Crippen molar-refractivity contribution in [2.45, 2.75) is 12.6 Å². The number of aromatic nitrogens is 1. The molecule has 4 rings (SSSR count). The summed E-state index contributed by atoms with van der Waals surface area (Å²) in [6.45, 7) is 2.09. The number of benzene rings is 1. The van der Waals surface area contributed by atoms with Gasteiger partial charge in [-0.3, -0.25) is 4.79 Å². The number of fused-ring (bicyclic) bond motifs is 1. The molecule has 3 heterocycles. The summed E-state index contributed by atoms with van der Waals surface area (Å²) >= 11 is 1.59. The molecule has 0 saturated carbocycles. The van der Waals surface area contributed by atoms with Gasteiger partial charge in [0, 0.05) is 6.54 Å². The van der Waals surface area contributed by atoms with Crippen molar-refractivity contribution < 1.29 is 13.9 Å². The van der Waals surface area contributed by atoms with Crippen molar-refractivity contribution in [1.82, 2.24) is 15.6 Å². The van der Waals surface area contributed by atoms with Crippen LogP contribution in [0.1, 0.15) is 5.76 Å². The molecule has 0 spiro atoms. The number of nitrogens with one attached hydrogen (secondary N) is 2. The highest BCUT2D eigenvalue weighted by molar-refractivity contribution is 7.21. The summed E-state index contributed by atoms with van der Waals surface area (Å²) in [5, 5.41) is 6.84. The topological polar surface area (TPSA) is 76.4 Å². The van der Waals surface area contributed by atoms with E-state index in [0.717, 1.165) is 21.0 Å². The summed E-state index contributed by atoms with van der Waals surface area (Å²) in [4.78, 5) is 16.6. The molecule has 1 atom stereocenters. The lowest BCUT2D eigenvalue weighted by molar-refractivity contribution is -0.126. The Morgan fingerprint density at radius 1 is 1.33 bits per heavy atom. The van der Waals surface area contributed by atoms with Crippen LogP contribution in [0.3, 0.4) is 0 Å². The fourth-order valence-electron chi connectivity index (χ4n) is 2.60. The summed E-state index contributed by atoms with van der Waals surface area (Å²) in [5.74, 6) is 1.35. The van der Waals surface area contributed by atoms with E-state index in [4.69, 9.17) is 9.15 Å². The predicted molar refractivity (Wildman–Crippen MR) is 91.8 cm³/mol. The van der Waals surface area contributed by atoms with Crippen LogP contribution in [0, 0.1) is 0 Å². The van der Waals surface area contributed by atoms with Crippen molar-refractivity contribution >= 4 is 27.5 Å². The minimum atomic E-state index is -0.294. The molecule has 1 saturated heterocycles. The van der Waals surface area contributed by atoms with E-state index in [-0.39, 0.29) is 11.9 Å². The molecule has 6 nitrogen and oxygen atoms in total. The highest BCUT2D eigenvalue weighted by Crippen LogP contribution is 2.31. The second-order valence-corrected chi connectivity index (χ2v) is 6.58. The van der Waals surface area contributed by atoms with Gasteiger partial charge in [0.2, 0.25) is 5.91 Å². The molecule has 1 aliphatic heterocycles. The van der Waals surface area contributed by atoms with E-state index in [1.165, 1.54) is 0 Å².